The Bertz CT molecular complexity index is 412. The van der Waals surface area contributed by atoms with Crippen molar-refractivity contribution in [1.29, 1.82) is 0 Å². The molecule has 0 radical (unpaired) electrons. The number of ketones is 1. The second kappa shape index (κ2) is 29.8. The number of nitrogens with two attached hydrogens (primary N) is 1. The van der Waals surface area contributed by atoms with Crippen LogP contribution in [0.1, 0.15) is 187 Å². The highest BCUT2D eigenvalue weighted by Crippen LogP contribution is 2.16. The number of hydrogen-bond acceptors (Lipinski definition) is 3. The molecule has 3 nitrogen and oxygen atoms in total. The lowest BCUT2D eigenvalue weighted by atomic mass is 10.0. The molecule has 0 fully saturated rings. The summed E-state index contributed by atoms with van der Waals surface area (Å²) in [4.78, 5) is 11.5. The Kier molecular flexibility index (Phi) is 29.5. The molecule has 0 aromatic carbocycles. The fourth-order valence-corrected chi connectivity index (χ4v) is 5.09. The lowest BCUT2D eigenvalue weighted by Crippen LogP contribution is -2.28. The van der Waals surface area contributed by atoms with E-state index in [2.05, 4.69) is 6.92 Å². The van der Waals surface area contributed by atoms with Crippen LogP contribution in [0.25, 0.3) is 0 Å². The number of carbonyl (C=O) groups is 1. The molecule has 1 unspecified atom stereocenters. The molecule has 0 heterocycles. The molecule has 3 heteroatoms. The second-order valence-corrected chi connectivity index (χ2v) is 11.2. The van der Waals surface area contributed by atoms with Crippen LogP contribution in [0.4, 0.5) is 0 Å². The van der Waals surface area contributed by atoms with E-state index in [1.807, 2.05) is 0 Å². The molecule has 0 bridgehead atoms. The van der Waals surface area contributed by atoms with Gasteiger partial charge >= 0.3 is 0 Å². The first-order chi connectivity index (χ1) is 17.2. The summed E-state index contributed by atoms with van der Waals surface area (Å²) in [6, 6.07) is 0. The minimum atomic E-state index is -0.945. The predicted octanol–water partition coefficient (Wildman–Crippen LogP) is 9.82. The molecule has 0 amide bonds. The Morgan fingerprint density at radius 1 is 0.486 bits per heavy atom. The van der Waals surface area contributed by atoms with Gasteiger partial charge < -0.3 is 10.8 Å². The maximum absolute atomic E-state index is 11.5. The highest BCUT2D eigenvalue weighted by molar-refractivity contribution is 5.82. The molecule has 0 aliphatic heterocycles. The number of aliphatic hydroxyl groups excluding tert-OH is 1. The first-order valence-electron chi connectivity index (χ1n) is 16.1. The molecule has 0 rings (SSSR count). The van der Waals surface area contributed by atoms with Gasteiger partial charge in [0.25, 0.3) is 0 Å². The van der Waals surface area contributed by atoms with E-state index in [9.17, 15) is 9.90 Å². The maximum Gasteiger partial charge on any atom is 0.162 e. The number of unbranched alkanes of at least 4 members (excludes halogenated alkanes) is 26. The van der Waals surface area contributed by atoms with Gasteiger partial charge in [-0.2, -0.15) is 0 Å². The van der Waals surface area contributed by atoms with Gasteiger partial charge in [0, 0.05) is 13.0 Å². The number of Topliss-reactive ketones (excluding diaryl/α,β-unsaturated/α-hetero) is 1. The average molecular weight is 496 g/mol. The lowest BCUT2D eigenvalue weighted by Gasteiger charge is -2.06. The zero-order chi connectivity index (χ0) is 25.7. The third-order valence-corrected chi connectivity index (χ3v) is 7.62. The molecule has 0 spiro atoms. The van der Waals surface area contributed by atoms with Crippen LogP contribution in [-0.2, 0) is 4.79 Å². The van der Waals surface area contributed by atoms with Crippen LogP contribution in [0.3, 0.4) is 0 Å². The fraction of sp³-hybridized carbons (Fsp3) is 0.969. The molecule has 35 heavy (non-hydrogen) atoms. The molecular formula is C32H65NO2. The zero-order valence-electron chi connectivity index (χ0n) is 24.0. The summed E-state index contributed by atoms with van der Waals surface area (Å²) in [6.07, 6.45) is 37.1. The Balaban J connectivity index is 3.07. The summed E-state index contributed by atoms with van der Waals surface area (Å²) < 4.78 is 0. The summed E-state index contributed by atoms with van der Waals surface area (Å²) in [5, 5.41) is 9.35. The SMILES string of the molecule is CCCCCCCCCCCCCCCCCCCCCCCCCCCCCC(=O)C(O)CN. The largest absolute Gasteiger partial charge is 0.384 e. The van der Waals surface area contributed by atoms with Gasteiger partial charge in [0.05, 0.1) is 0 Å². The quantitative estimate of drug-likeness (QED) is 0.0974. The van der Waals surface area contributed by atoms with E-state index in [0.717, 1.165) is 12.8 Å². The van der Waals surface area contributed by atoms with Gasteiger partial charge in [-0.25, -0.2) is 0 Å². The molecule has 0 aromatic heterocycles. The van der Waals surface area contributed by atoms with Crippen molar-refractivity contribution in [1.82, 2.24) is 0 Å². The van der Waals surface area contributed by atoms with Crippen LogP contribution in [0.5, 0.6) is 0 Å². The van der Waals surface area contributed by atoms with Crippen LogP contribution in [0, 0.1) is 0 Å². The van der Waals surface area contributed by atoms with Crippen molar-refractivity contribution in [3.63, 3.8) is 0 Å². The highest BCUT2D eigenvalue weighted by Gasteiger charge is 2.11. The van der Waals surface area contributed by atoms with Gasteiger partial charge in [0.1, 0.15) is 6.10 Å². The summed E-state index contributed by atoms with van der Waals surface area (Å²) in [5.74, 6) is -0.0907. The number of hydrogen-bond donors (Lipinski definition) is 2. The number of aliphatic hydroxyl groups is 1. The van der Waals surface area contributed by atoms with E-state index < -0.39 is 6.10 Å². The van der Waals surface area contributed by atoms with Crippen LogP contribution in [0.15, 0.2) is 0 Å². The molecule has 0 saturated heterocycles. The van der Waals surface area contributed by atoms with Crippen molar-refractivity contribution in [2.75, 3.05) is 6.54 Å². The van der Waals surface area contributed by atoms with Gasteiger partial charge in [-0.1, -0.05) is 174 Å². The minimum absolute atomic E-state index is 0.0539. The lowest BCUT2D eigenvalue weighted by molar-refractivity contribution is -0.126. The van der Waals surface area contributed by atoms with Crippen LogP contribution >= 0.6 is 0 Å². The fourth-order valence-electron chi connectivity index (χ4n) is 5.09. The van der Waals surface area contributed by atoms with E-state index in [1.54, 1.807) is 0 Å². The third kappa shape index (κ3) is 28.0. The minimum Gasteiger partial charge on any atom is -0.384 e. The summed E-state index contributed by atoms with van der Waals surface area (Å²) >= 11 is 0. The van der Waals surface area contributed by atoms with E-state index in [0.29, 0.717) is 6.42 Å². The molecule has 210 valence electrons. The smallest absolute Gasteiger partial charge is 0.162 e. The van der Waals surface area contributed by atoms with Crippen molar-refractivity contribution in [2.24, 2.45) is 5.73 Å². The van der Waals surface area contributed by atoms with E-state index in [-0.39, 0.29) is 12.3 Å². The van der Waals surface area contributed by atoms with Crippen molar-refractivity contribution in [3.8, 4) is 0 Å². The molecule has 0 aromatic rings. The van der Waals surface area contributed by atoms with Gasteiger partial charge in [-0.05, 0) is 6.42 Å². The summed E-state index contributed by atoms with van der Waals surface area (Å²) in [7, 11) is 0. The second-order valence-electron chi connectivity index (χ2n) is 11.2. The summed E-state index contributed by atoms with van der Waals surface area (Å²) in [5.41, 5.74) is 5.30. The van der Waals surface area contributed by atoms with Crippen molar-refractivity contribution in [3.05, 3.63) is 0 Å². The van der Waals surface area contributed by atoms with Crippen LogP contribution in [-0.4, -0.2) is 23.5 Å². The van der Waals surface area contributed by atoms with Crippen molar-refractivity contribution >= 4 is 5.78 Å². The van der Waals surface area contributed by atoms with Crippen LogP contribution < -0.4 is 5.73 Å². The highest BCUT2D eigenvalue weighted by atomic mass is 16.3. The first-order valence-corrected chi connectivity index (χ1v) is 16.1. The normalized spacial score (nSPS) is 12.3. The third-order valence-electron chi connectivity index (χ3n) is 7.62. The molecule has 0 saturated carbocycles. The Labute approximate surface area is 220 Å². The molecule has 0 aliphatic rings. The van der Waals surface area contributed by atoms with Gasteiger partial charge in [0.15, 0.2) is 5.78 Å². The first kappa shape index (κ1) is 34.6. The predicted molar refractivity (Wildman–Crippen MR) is 155 cm³/mol. The number of rotatable bonds is 30. The van der Waals surface area contributed by atoms with E-state index in [4.69, 9.17) is 5.73 Å². The van der Waals surface area contributed by atoms with Gasteiger partial charge in [0.2, 0.25) is 0 Å². The standard InChI is InChI=1S/C32H65NO2/c1-2-3-4-5-6-7-8-9-10-11-12-13-14-15-16-17-18-19-20-21-22-23-24-25-26-27-28-29-31(34)32(35)30-33/h32,35H,2-30,33H2,1H3. The van der Waals surface area contributed by atoms with Crippen molar-refractivity contribution < 1.29 is 9.90 Å². The topological polar surface area (TPSA) is 63.3 Å². The Morgan fingerprint density at radius 3 is 0.943 bits per heavy atom. The molecule has 3 N–H and O–H groups in total. The monoisotopic (exact) mass is 496 g/mol. The van der Waals surface area contributed by atoms with Gasteiger partial charge in [-0.3, -0.25) is 4.79 Å². The maximum atomic E-state index is 11.5. The average Bonchev–Trinajstić information content (AvgIpc) is 2.87. The van der Waals surface area contributed by atoms with E-state index >= 15 is 0 Å². The summed E-state index contributed by atoms with van der Waals surface area (Å²) in [6.45, 7) is 2.35. The Morgan fingerprint density at radius 2 is 0.714 bits per heavy atom. The Hall–Kier alpha value is -0.410. The van der Waals surface area contributed by atoms with E-state index in [1.165, 1.54) is 161 Å². The van der Waals surface area contributed by atoms with Crippen molar-refractivity contribution in [2.45, 2.75) is 193 Å². The molecule has 1 atom stereocenters. The number of carbonyl (C=O) groups excluding carboxylic acids is 1. The molecule has 0 aliphatic carbocycles. The molecular weight excluding hydrogens is 430 g/mol. The van der Waals surface area contributed by atoms with Crippen LogP contribution in [0.2, 0.25) is 0 Å². The van der Waals surface area contributed by atoms with Gasteiger partial charge in [-0.15, -0.1) is 0 Å². The zero-order valence-corrected chi connectivity index (χ0v) is 24.0.